The van der Waals surface area contributed by atoms with Gasteiger partial charge in [0.2, 0.25) is 11.8 Å². The molecule has 7 heteroatoms. The molecule has 1 aliphatic heterocycles. The van der Waals surface area contributed by atoms with Crippen molar-refractivity contribution < 1.29 is 9.59 Å². The number of aromatic nitrogens is 1. The molecule has 0 radical (unpaired) electrons. The molecule has 1 aromatic heterocycles. The van der Waals surface area contributed by atoms with E-state index in [2.05, 4.69) is 20.5 Å². The zero-order chi connectivity index (χ0) is 20.6. The Labute approximate surface area is 176 Å². The molecular weight excluding hydrogens is 388 g/mol. The third-order valence-corrected chi connectivity index (χ3v) is 5.17. The van der Waals surface area contributed by atoms with Crippen molar-refractivity contribution in [3.8, 4) is 0 Å². The Balaban J connectivity index is 1.32. The lowest BCUT2D eigenvalue weighted by Crippen LogP contribution is -2.36. The number of carbonyl (C=O) groups excluding carboxylic acids is 2. The zero-order valence-corrected chi connectivity index (χ0v) is 17.4. The fraction of sp³-hybridized carbons (Fsp3) is 0.409. The minimum atomic E-state index is -0.120. The van der Waals surface area contributed by atoms with Gasteiger partial charge in [0.25, 0.3) is 0 Å². The van der Waals surface area contributed by atoms with Crippen LogP contribution in [0.5, 0.6) is 0 Å². The predicted molar refractivity (Wildman–Crippen MR) is 115 cm³/mol. The Bertz CT molecular complexity index is 841. The molecule has 29 heavy (non-hydrogen) atoms. The summed E-state index contributed by atoms with van der Waals surface area (Å²) in [7, 11) is 0. The van der Waals surface area contributed by atoms with E-state index in [9.17, 15) is 9.59 Å². The average Bonchev–Trinajstić information content (AvgIpc) is 3.10. The Morgan fingerprint density at radius 2 is 1.90 bits per heavy atom. The van der Waals surface area contributed by atoms with E-state index in [-0.39, 0.29) is 17.9 Å². The molecule has 2 aromatic rings. The van der Waals surface area contributed by atoms with Crippen LogP contribution in [0.4, 0.5) is 5.82 Å². The lowest BCUT2D eigenvalue weighted by Gasteiger charge is -2.17. The minimum absolute atomic E-state index is 0.00447. The Kier molecular flexibility index (Phi) is 7.61. The molecule has 1 unspecified atom stereocenters. The Morgan fingerprint density at radius 3 is 2.66 bits per heavy atom. The molecule has 0 bridgehead atoms. The number of hydrogen-bond acceptors (Lipinski definition) is 4. The van der Waals surface area contributed by atoms with Gasteiger partial charge in [-0.15, -0.1) is 0 Å². The third-order valence-electron chi connectivity index (χ3n) is 4.92. The molecule has 1 aromatic carbocycles. The molecule has 1 saturated heterocycles. The number of benzene rings is 1. The lowest BCUT2D eigenvalue weighted by atomic mass is 10.2. The van der Waals surface area contributed by atoms with Gasteiger partial charge in [0.15, 0.2) is 0 Å². The summed E-state index contributed by atoms with van der Waals surface area (Å²) in [5, 5.41) is 6.59. The van der Waals surface area contributed by atoms with Crippen LogP contribution in [0.1, 0.15) is 36.9 Å². The molecular formula is C22H27ClN4O2. The number of nitrogens with one attached hydrogen (secondary N) is 2. The van der Waals surface area contributed by atoms with Crippen molar-refractivity contribution in [3.05, 3.63) is 58.7 Å². The lowest BCUT2D eigenvalue weighted by molar-refractivity contribution is -0.122. The number of pyridine rings is 1. The van der Waals surface area contributed by atoms with Crippen LogP contribution in [0.25, 0.3) is 0 Å². The normalized spacial score (nSPS) is 16.6. The van der Waals surface area contributed by atoms with Gasteiger partial charge in [0, 0.05) is 49.2 Å². The van der Waals surface area contributed by atoms with E-state index in [4.69, 9.17) is 11.6 Å². The van der Waals surface area contributed by atoms with Crippen LogP contribution in [-0.2, 0) is 16.1 Å². The summed E-state index contributed by atoms with van der Waals surface area (Å²) in [6.07, 6.45) is 2.11. The largest absolute Gasteiger partial charge is 0.352 e. The molecule has 2 amide bonds. The molecule has 0 saturated carbocycles. The van der Waals surface area contributed by atoms with Crippen LogP contribution in [0, 0.1) is 6.92 Å². The highest BCUT2D eigenvalue weighted by atomic mass is 35.5. The fourth-order valence-electron chi connectivity index (χ4n) is 3.47. The molecule has 154 valence electrons. The van der Waals surface area contributed by atoms with Gasteiger partial charge in [-0.05, 0) is 49.6 Å². The number of hydrogen-bond donors (Lipinski definition) is 2. The highest BCUT2D eigenvalue weighted by Gasteiger charge is 2.23. The van der Waals surface area contributed by atoms with E-state index in [1.807, 2.05) is 43.3 Å². The summed E-state index contributed by atoms with van der Waals surface area (Å²) < 4.78 is 0. The molecule has 0 aliphatic carbocycles. The number of amides is 2. The number of carbonyl (C=O) groups is 2. The van der Waals surface area contributed by atoms with Crippen molar-refractivity contribution in [2.24, 2.45) is 0 Å². The van der Waals surface area contributed by atoms with Gasteiger partial charge in [0.1, 0.15) is 5.82 Å². The molecule has 2 heterocycles. The smallest absolute Gasteiger partial charge is 0.225 e. The van der Waals surface area contributed by atoms with Gasteiger partial charge in [-0.1, -0.05) is 29.8 Å². The quantitative estimate of drug-likeness (QED) is 0.692. The van der Waals surface area contributed by atoms with E-state index in [1.165, 1.54) is 5.56 Å². The van der Waals surface area contributed by atoms with Crippen LogP contribution in [0.3, 0.4) is 0 Å². The summed E-state index contributed by atoms with van der Waals surface area (Å²) in [6.45, 7) is 4.53. The molecule has 1 atom stereocenters. The highest BCUT2D eigenvalue weighted by molar-refractivity contribution is 6.30. The SMILES string of the molecule is Cc1cccc(NC(=O)CCCC(=O)NC2CCN(Cc3ccc(Cl)cc3)C2)n1. The van der Waals surface area contributed by atoms with Gasteiger partial charge >= 0.3 is 0 Å². The first-order valence-corrected chi connectivity index (χ1v) is 10.4. The van der Waals surface area contributed by atoms with E-state index in [0.29, 0.717) is 25.1 Å². The first kappa shape index (κ1) is 21.3. The molecule has 1 fully saturated rings. The van der Waals surface area contributed by atoms with Crippen LogP contribution in [0.2, 0.25) is 5.02 Å². The van der Waals surface area contributed by atoms with E-state index < -0.39 is 0 Å². The maximum absolute atomic E-state index is 12.2. The second-order valence-corrected chi connectivity index (χ2v) is 7.92. The number of likely N-dealkylation sites (tertiary alicyclic amines) is 1. The standard InChI is InChI=1S/C22H27ClN4O2/c1-16-4-2-5-20(24-16)26-22(29)7-3-6-21(28)25-19-12-13-27(15-19)14-17-8-10-18(23)11-9-17/h2,4-5,8-11,19H,3,6-7,12-15H2,1H3,(H,25,28)(H,24,26,29). The fourth-order valence-corrected chi connectivity index (χ4v) is 3.60. The van der Waals surface area contributed by atoms with Crippen LogP contribution in [-0.4, -0.2) is 40.8 Å². The monoisotopic (exact) mass is 414 g/mol. The summed E-state index contributed by atoms with van der Waals surface area (Å²) in [5.74, 6) is 0.432. The second kappa shape index (κ2) is 10.4. The Morgan fingerprint density at radius 1 is 1.14 bits per heavy atom. The van der Waals surface area contributed by atoms with Gasteiger partial charge in [-0.3, -0.25) is 14.5 Å². The van der Waals surface area contributed by atoms with E-state index >= 15 is 0 Å². The van der Waals surface area contributed by atoms with Crippen LogP contribution >= 0.6 is 11.6 Å². The summed E-state index contributed by atoms with van der Waals surface area (Å²) in [5.41, 5.74) is 2.07. The summed E-state index contributed by atoms with van der Waals surface area (Å²) in [4.78, 5) is 30.8. The number of anilines is 1. The molecule has 3 rings (SSSR count). The van der Waals surface area contributed by atoms with E-state index in [1.54, 1.807) is 6.07 Å². The zero-order valence-electron chi connectivity index (χ0n) is 16.7. The molecule has 1 aliphatic rings. The number of rotatable bonds is 8. The van der Waals surface area contributed by atoms with Gasteiger partial charge in [0.05, 0.1) is 0 Å². The first-order valence-electron chi connectivity index (χ1n) is 9.97. The number of nitrogens with zero attached hydrogens (tertiary/aromatic N) is 2. The summed E-state index contributed by atoms with van der Waals surface area (Å²) >= 11 is 5.93. The molecule has 6 nitrogen and oxygen atoms in total. The maximum Gasteiger partial charge on any atom is 0.225 e. The minimum Gasteiger partial charge on any atom is -0.352 e. The molecule has 0 spiro atoms. The van der Waals surface area contributed by atoms with Gasteiger partial charge in [-0.25, -0.2) is 4.98 Å². The van der Waals surface area contributed by atoms with Crippen LogP contribution < -0.4 is 10.6 Å². The second-order valence-electron chi connectivity index (χ2n) is 7.48. The average molecular weight is 415 g/mol. The van der Waals surface area contributed by atoms with Crippen molar-refractivity contribution >= 4 is 29.2 Å². The number of halogens is 1. The van der Waals surface area contributed by atoms with Crippen molar-refractivity contribution in [2.45, 2.75) is 45.2 Å². The van der Waals surface area contributed by atoms with Crippen LogP contribution in [0.15, 0.2) is 42.5 Å². The van der Waals surface area contributed by atoms with Crippen molar-refractivity contribution in [1.82, 2.24) is 15.2 Å². The topological polar surface area (TPSA) is 74.3 Å². The number of aryl methyl sites for hydroxylation is 1. The van der Waals surface area contributed by atoms with E-state index in [0.717, 1.165) is 36.8 Å². The maximum atomic E-state index is 12.2. The van der Waals surface area contributed by atoms with Crippen molar-refractivity contribution in [1.29, 1.82) is 0 Å². The van der Waals surface area contributed by atoms with Gasteiger partial charge in [-0.2, -0.15) is 0 Å². The highest BCUT2D eigenvalue weighted by Crippen LogP contribution is 2.16. The van der Waals surface area contributed by atoms with Crippen molar-refractivity contribution in [3.63, 3.8) is 0 Å². The first-order chi connectivity index (χ1) is 14.0. The Hall–Kier alpha value is -2.44. The molecule has 2 N–H and O–H groups in total. The third kappa shape index (κ3) is 7.15. The predicted octanol–water partition coefficient (Wildman–Crippen LogP) is 3.54. The van der Waals surface area contributed by atoms with Gasteiger partial charge < -0.3 is 10.6 Å². The van der Waals surface area contributed by atoms with Crippen molar-refractivity contribution in [2.75, 3.05) is 18.4 Å². The summed E-state index contributed by atoms with van der Waals surface area (Å²) in [6, 6.07) is 13.5.